The quantitative estimate of drug-likeness (QED) is 0.329. The summed E-state index contributed by atoms with van der Waals surface area (Å²) >= 11 is 0. The van der Waals surface area contributed by atoms with E-state index in [1.807, 2.05) is 30.3 Å². The zero-order valence-electron chi connectivity index (χ0n) is 17.9. The van der Waals surface area contributed by atoms with E-state index in [9.17, 15) is 14.4 Å². The summed E-state index contributed by atoms with van der Waals surface area (Å²) < 4.78 is 16.4. The second kappa shape index (κ2) is 9.82. The molecule has 0 aliphatic carbocycles. The molecule has 0 saturated heterocycles. The van der Waals surface area contributed by atoms with Crippen LogP contribution in [-0.4, -0.2) is 11.9 Å². The number of ether oxygens (including phenoxy) is 2. The van der Waals surface area contributed by atoms with E-state index >= 15 is 0 Å². The molecule has 0 spiro atoms. The molecule has 0 radical (unpaired) electrons. The van der Waals surface area contributed by atoms with Gasteiger partial charge in [0.05, 0.1) is 5.56 Å². The van der Waals surface area contributed by atoms with Crippen LogP contribution in [0.15, 0.2) is 88.1 Å². The minimum absolute atomic E-state index is 0.104. The van der Waals surface area contributed by atoms with Gasteiger partial charge in [-0.1, -0.05) is 30.3 Å². The van der Waals surface area contributed by atoms with Gasteiger partial charge in [0.15, 0.2) is 0 Å². The SMILES string of the molecule is CC(=O)Nc1ccc2c(COC(=O)c3ccc(OCc4ccccc4)cc3)cc(=O)oc2c1. The van der Waals surface area contributed by atoms with Crippen molar-refractivity contribution in [2.75, 3.05) is 5.32 Å². The zero-order chi connectivity index (χ0) is 23.2. The van der Waals surface area contributed by atoms with E-state index in [2.05, 4.69) is 5.32 Å². The molecular weight excluding hydrogens is 422 g/mol. The zero-order valence-corrected chi connectivity index (χ0v) is 17.9. The minimum atomic E-state index is -0.576. The van der Waals surface area contributed by atoms with Crippen LogP contribution in [0, 0.1) is 0 Å². The van der Waals surface area contributed by atoms with E-state index in [4.69, 9.17) is 13.9 Å². The number of anilines is 1. The smallest absolute Gasteiger partial charge is 0.338 e. The van der Waals surface area contributed by atoms with E-state index < -0.39 is 11.6 Å². The predicted molar refractivity (Wildman–Crippen MR) is 123 cm³/mol. The first-order valence-electron chi connectivity index (χ1n) is 10.3. The molecule has 3 aromatic carbocycles. The first-order chi connectivity index (χ1) is 16.0. The van der Waals surface area contributed by atoms with Crippen LogP contribution in [0.25, 0.3) is 11.0 Å². The number of fused-ring (bicyclic) bond motifs is 1. The number of hydrogen-bond acceptors (Lipinski definition) is 6. The molecule has 0 bridgehead atoms. The Morgan fingerprint density at radius 3 is 2.39 bits per heavy atom. The van der Waals surface area contributed by atoms with Gasteiger partial charge in [-0.15, -0.1) is 0 Å². The first kappa shape index (κ1) is 21.8. The Hall–Kier alpha value is -4.39. The van der Waals surface area contributed by atoms with Crippen molar-refractivity contribution in [1.29, 1.82) is 0 Å². The minimum Gasteiger partial charge on any atom is -0.489 e. The lowest BCUT2D eigenvalue weighted by atomic mass is 10.1. The standard InChI is InChI=1S/C26H21NO6/c1-17(28)27-21-9-12-23-20(13-25(29)33-24(23)14-21)16-32-26(30)19-7-10-22(11-8-19)31-15-18-5-3-2-4-6-18/h2-14H,15-16H2,1H3,(H,27,28). The van der Waals surface area contributed by atoms with Gasteiger partial charge in [0.1, 0.15) is 24.5 Å². The fourth-order valence-corrected chi connectivity index (χ4v) is 3.29. The molecule has 33 heavy (non-hydrogen) atoms. The average Bonchev–Trinajstić information content (AvgIpc) is 2.81. The summed E-state index contributed by atoms with van der Waals surface area (Å²) in [6.07, 6.45) is 0. The fraction of sp³-hybridized carbons (Fsp3) is 0.115. The predicted octanol–water partition coefficient (Wildman–Crippen LogP) is 4.69. The number of rotatable bonds is 7. The average molecular weight is 443 g/mol. The van der Waals surface area contributed by atoms with Crippen molar-refractivity contribution in [2.24, 2.45) is 0 Å². The van der Waals surface area contributed by atoms with Gasteiger partial charge in [-0.05, 0) is 42.0 Å². The Morgan fingerprint density at radius 1 is 0.909 bits per heavy atom. The molecule has 0 atom stereocenters. The summed E-state index contributed by atoms with van der Waals surface area (Å²) in [4.78, 5) is 35.7. The molecule has 1 aromatic heterocycles. The van der Waals surface area contributed by atoms with Gasteiger partial charge in [0, 0.05) is 35.7 Å². The number of hydrogen-bond donors (Lipinski definition) is 1. The molecule has 0 fully saturated rings. The molecule has 7 heteroatoms. The summed E-state index contributed by atoms with van der Waals surface area (Å²) in [7, 11) is 0. The summed E-state index contributed by atoms with van der Waals surface area (Å²) in [5.41, 5.74) is 2.13. The Kier molecular flexibility index (Phi) is 6.50. The first-order valence-corrected chi connectivity index (χ1v) is 10.3. The van der Waals surface area contributed by atoms with E-state index in [-0.39, 0.29) is 12.5 Å². The van der Waals surface area contributed by atoms with Crippen molar-refractivity contribution >= 4 is 28.5 Å². The maximum absolute atomic E-state index is 12.5. The highest BCUT2D eigenvalue weighted by Crippen LogP contribution is 2.22. The molecule has 0 unspecified atom stereocenters. The number of carbonyl (C=O) groups is 2. The van der Waals surface area contributed by atoms with Crippen molar-refractivity contribution in [3.63, 3.8) is 0 Å². The van der Waals surface area contributed by atoms with Crippen molar-refractivity contribution in [3.05, 3.63) is 106 Å². The maximum atomic E-state index is 12.5. The number of benzene rings is 3. The lowest BCUT2D eigenvalue weighted by molar-refractivity contribution is -0.114. The Morgan fingerprint density at radius 2 is 1.67 bits per heavy atom. The molecule has 4 aromatic rings. The van der Waals surface area contributed by atoms with Gasteiger partial charge in [0.2, 0.25) is 5.91 Å². The molecule has 0 aliphatic heterocycles. The summed E-state index contributed by atoms with van der Waals surface area (Å²) in [5.74, 6) is -0.129. The fourth-order valence-electron chi connectivity index (χ4n) is 3.29. The number of esters is 1. The number of amides is 1. The Balaban J connectivity index is 1.41. The van der Waals surface area contributed by atoms with E-state index in [0.717, 1.165) is 5.56 Å². The van der Waals surface area contributed by atoms with Crippen LogP contribution in [0.1, 0.15) is 28.4 Å². The Labute approximate surface area is 189 Å². The highest BCUT2D eigenvalue weighted by atomic mass is 16.5. The van der Waals surface area contributed by atoms with Crippen molar-refractivity contribution < 1.29 is 23.5 Å². The van der Waals surface area contributed by atoms with Crippen LogP contribution in [0.5, 0.6) is 5.75 Å². The van der Waals surface area contributed by atoms with E-state index in [1.165, 1.54) is 13.0 Å². The third-order valence-corrected chi connectivity index (χ3v) is 4.85. The van der Waals surface area contributed by atoms with Crippen molar-refractivity contribution in [3.8, 4) is 5.75 Å². The van der Waals surface area contributed by atoms with Gasteiger partial charge in [-0.2, -0.15) is 0 Å². The largest absolute Gasteiger partial charge is 0.489 e. The monoisotopic (exact) mass is 443 g/mol. The van der Waals surface area contributed by atoms with Gasteiger partial charge in [-0.25, -0.2) is 9.59 Å². The van der Waals surface area contributed by atoms with E-state index in [1.54, 1.807) is 42.5 Å². The van der Waals surface area contributed by atoms with Crippen LogP contribution in [-0.2, 0) is 22.7 Å². The molecule has 4 rings (SSSR count). The molecule has 1 N–H and O–H groups in total. The van der Waals surface area contributed by atoms with Gasteiger partial charge in [0.25, 0.3) is 0 Å². The van der Waals surface area contributed by atoms with Crippen LogP contribution < -0.4 is 15.7 Å². The van der Waals surface area contributed by atoms with Gasteiger partial charge < -0.3 is 19.2 Å². The summed E-state index contributed by atoms with van der Waals surface area (Å²) in [5, 5.41) is 3.25. The van der Waals surface area contributed by atoms with Gasteiger partial charge >= 0.3 is 11.6 Å². The molecule has 1 amide bonds. The molecule has 1 heterocycles. The van der Waals surface area contributed by atoms with E-state index in [0.29, 0.717) is 40.1 Å². The van der Waals surface area contributed by atoms with Crippen LogP contribution in [0.3, 0.4) is 0 Å². The molecule has 0 saturated carbocycles. The molecule has 0 aliphatic rings. The third kappa shape index (κ3) is 5.65. The van der Waals surface area contributed by atoms with Crippen molar-refractivity contribution in [1.82, 2.24) is 0 Å². The summed E-state index contributed by atoms with van der Waals surface area (Å²) in [6.45, 7) is 1.71. The van der Waals surface area contributed by atoms with Crippen LogP contribution in [0.2, 0.25) is 0 Å². The summed E-state index contributed by atoms with van der Waals surface area (Å²) in [6, 6.07) is 22.7. The molecular formula is C26H21NO6. The number of carbonyl (C=O) groups excluding carboxylic acids is 2. The Bertz CT molecular complexity index is 1340. The molecule has 166 valence electrons. The van der Waals surface area contributed by atoms with Crippen LogP contribution in [0.4, 0.5) is 5.69 Å². The second-order valence-electron chi connectivity index (χ2n) is 7.36. The molecule has 7 nitrogen and oxygen atoms in total. The highest BCUT2D eigenvalue weighted by molar-refractivity contribution is 5.92. The topological polar surface area (TPSA) is 94.8 Å². The lowest BCUT2D eigenvalue weighted by Crippen LogP contribution is -2.09. The normalized spacial score (nSPS) is 10.6. The van der Waals surface area contributed by atoms with Gasteiger partial charge in [-0.3, -0.25) is 4.79 Å². The second-order valence-corrected chi connectivity index (χ2v) is 7.36. The van der Waals surface area contributed by atoms with Crippen LogP contribution >= 0.6 is 0 Å². The maximum Gasteiger partial charge on any atom is 0.338 e. The van der Waals surface area contributed by atoms with Crippen molar-refractivity contribution in [2.45, 2.75) is 20.1 Å². The number of nitrogens with one attached hydrogen (secondary N) is 1. The highest BCUT2D eigenvalue weighted by Gasteiger charge is 2.12. The lowest BCUT2D eigenvalue weighted by Gasteiger charge is -2.10. The third-order valence-electron chi connectivity index (χ3n) is 4.85.